The first-order valence-electron chi connectivity index (χ1n) is 6.57. The fraction of sp³-hybridized carbons (Fsp3) is 0.429. The Labute approximate surface area is 112 Å². The van der Waals surface area contributed by atoms with E-state index < -0.39 is 0 Å². The second-order valence-corrected chi connectivity index (χ2v) is 5.06. The first-order chi connectivity index (χ1) is 9.22. The van der Waals surface area contributed by atoms with Crippen molar-refractivity contribution in [2.75, 3.05) is 25.5 Å². The predicted molar refractivity (Wildman–Crippen MR) is 74.0 cm³/mol. The van der Waals surface area contributed by atoms with Gasteiger partial charge in [0, 0.05) is 25.2 Å². The minimum Gasteiger partial charge on any atom is -0.421 e. The smallest absolute Gasteiger partial charge is 0.249 e. The summed E-state index contributed by atoms with van der Waals surface area (Å²) in [6, 6.07) is 8.56. The van der Waals surface area contributed by atoms with Crippen molar-refractivity contribution in [1.82, 2.24) is 15.1 Å². The predicted octanol–water partition coefficient (Wildman–Crippen LogP) is 2.16. The van der Waals surface area contributed by atoms with Gasteiger partial charge < -0.3 is 14.6 Å². The third kappa shape index (κ3) is 2.61. The van der Waals surface area contributed by atoms with Crippen LogP contribution >= 0.6 is 0 Å². The number of benzene rings is 1. The quantitative estimate of drug-likeness (QED) is 0.914. The summed E-state index contributed by atoms with van der Waals surface area (Å²) in [6.45, 7) is 4.01. The number of likely N-dealkylation sites (tertiary alicyclic amines) is 1. The van der Waals surface area contributed by atoms with Crippen LogP contribution in [0.4, 0.5) is 5.69 Å². The number of likely N-dealkylation sites (N-methyl/N-ethyl adjacent to an activating group) is 1. The first kappa shape index (κ1) is 12.2. The summed E-state index contributed by atoms with van der Waals surface area (Å²) in [5.74, 6) is 1.16. The third-order valence-corrected chi connectivity index (χ3v) is 3.43. The number of rotatable bonds is 3. The van der Waals surface area contributed by atoms with Crippen LogP contribution in [0.3, 0.4) is 0 Å². The summed E-state index contributed by atoms with van der Waals surface area (Å²) in [5, 5.41) is 11.6. The SMILES string of the molecule is Cc1nnc(-c2ccccc2NC2CCN(C)C2)o1. The molecular weight excluding hydrogens is 240 g/mol. The molecule has 5 heteroatoms. The number of nitrogens with one attached hydrogen (secondary N) is 1. The normalized spacial score (nSPS) is 19.8. The fourth-order valence-corrected chi connectivity index (χ4v) is 2.47. The zero-order chi connectivity index (χ0) is 13.2. The van der Waals surface area contributed by atoms with Gasteiger partial charge in [0.05, 0.1) is 5.56 Å². The van der Waals surface area contributed by atoms with E-state index in [-0.39, 0.29) is 0 Å². The molecule has 1 aliphatic rings. The van der Waals surface area contributed by atoms with E-state index in [9.17, 15) is 0 Å². The van der Waals surface area contributed by atoms with Gasteiger partial charge in [-0.3, -0.25) is 0 Å². The Balaban J connectivity index is 1.85. The molecule has 100 valence electrons. The summed E-state index contributed by atoms with van der Waals surface area (Å²) >= 11 is 0. The summed E-state index contributed by atoms with van der Waals surface area (Å²) in [6.07, 6.45) is 1.16. The molecule has 0 radical (unpaired) electrons. The van der Waals surface area contributed by atoms with Crippen molar-refractivity contribution in [3.05, 3.63) is 30.2 Å². The van der Waals surface area contributed by atoms with Gasteiger partial charge >= 0.3 is 0 Å². The van der Waals surface area contributed by atoms with E-state index in [1.807, 2.05) is 18.2 Å². The molecule has 2 heterocycles. The topological polar surface area (TPSA) is 54.2 Å². The van der Waals surface area contributed by atoms with Crippen LogP contribution in [-0.4, -0.2) is 41.3 Å². The van der Waals surface area contributed by atoms with Gasteiger partial charge in [0.25, 0.3) is 0 Å². The minimum atomic E-state index is 0.482. The molecule has 5 nitrogen and oxygen atoms in total. The molecule has 1 aliphatic heterocycles. The number of hydrogen-bond acceptors (Lipinski definition) is 5. The van der Waals surface area contributed by atoms with Crippen LogP contribution in [0.15, 0.2) is 28.7 Å². The van der Waals surface area contributed by atoms with Crippen LogP contribution in [-0.2, 0) is 0 Å². The van der Waals surface area contributed by atoms with Gasteiger partial charge in [0.1, 0.15) is 0 Å². The highest BCUT2D eigenvalue weighted by Gasteiger charge is 2.20. The molecule has 1 aromatic heterocycles. The van der Waals surface area contributed by atoms with Crippen molar-refractivity contribution < 1.29 is 4.42 Å². The molecule has 1 fully saturated rings. The number of aromatic nitrogens is 2. The van der Waals surface area contributed by atoms with Crippen LogP contribution in [0.5, 0.6) is 0 Å². The molecule has 1 atom stereocenters. The average Bonchev–Trinajstić information content (AvgIpc) is 2.99. The maximum Gasteiger partial charge on any atom is 0.249 e. The molecular formula is C14H18N4O. The number of aryl methyl sites for hydroxylation is 1. The molecule has 0 bridgehead atoms. The molecule has 2 aromatic rings. The molecule has 0 spiro atoms. The van der Waals surface area contributed by atoms with E-state index >= 15 is 0 Å². The van der Waals surface area contributed by atoms with Crippen LogP contribution in [0.2, 0.25) is 0 Å². The van der Waals surface area contributed by atoms with Crippen molar-refractivity contribution in [1.29, 1.82) is 0 Å². The van der Waals surface area contributed by atoms with Gasteiger partial charge in [-0.25, -0.2) is 0 Å². The van der Waals surface area contributed by atoms with Crippen LogP contribution in [0, 0.1) is 6.92 Å². The minimum absolute atomic E-state index is 0.482. The maximum absolute atomic E-state index is 5.52. The van der Waals surface area contributed by atoms with Crippen molar-refractivity contribution in [2.45, 2.75) is 19.4 Å². The Bertz CT molecular complexity index is 566. The summed E-state index contributed by atoms with van der Waals surface area (Å²) in [7, 11) is 2.15. The Kier molecular flexibility index (Phi) is 3.21. The molecule has 0 amide bonds. The number of anilines is 1. The van der Waals surface area contributed by atoms with E-state index in [1.165, 1.54) is 0 Å². The zero-order valence-corrected chi connectivity index (χ0v) is 11.3. The summed E-state index contributed by atoms with van der Waals surface area (Å²) in [4.78, 5) is 2.33. The zero-order valence-electron chi connectivity index (χ0n) is 11.3. The Morgan fingerprint density at radius 2 is 2.16 bits per heavy atom. The fourth-order valence-electron chi connectivity index (χ4n) is 2.47. The molecule has 0 saturated carbocycles. The Hall–Kier alpha value is -1.88. The monoisotopic (exact) mass is 258 g/mol. The second kappa shape index (κ2) is 5.01. The number of para-hydroxylation sites is 1. The lowest BCUT2D eigenvalue weighted by Crippen LogP contribution is -2.23. The highest BCUT2D eigenvalue weighted by molar-refractivity contribution is 5.72. The lowest BCUT2D eigenvalue weighted by atomic mass is 10.1. The third-order valence-electron chi connectivity index (χ3n) is 3.43. The van der Waals surface area contributed by atoms with Crippen molar-refractivity contribution in [3.8, 4) is 11.5 Å². The van der Waals surface area contributed by atoms with Crippen molar-refractivity contribution >= 4 is 5.69 Å². The molecule has 1 N–H and O–H groups in total. The van der Waals surface area contributed by atoms with Gasteiger partial charge in [0.15, 0.2) is 0 Å². The average molecular weight is 258 g/mol. The molecule has 0 aliphatic carbocycles. The van der Waals surface area contributed by atoms with Gasteiger partial charge in [-0.15, -0.1) is 10.2 Å². The molecule has 1 saturated heterocycles. The molecule has 1 aromatic carbocycles. The van der Waals surface area contributed by atoms with Crippen LogP contribution in [0.1, 0.15) is 12.3 Å². The van der Waals surface area contributed by atoms with Crippen LogP contribution in [0.25, 0.3) is 11.5 Å². The lowest BCUT2D eigenvalue weighted by Gasteiger charge is -2.16. The maximum atomic E-state index is 5.52. The number of nitrogens with zero attached hydrogens (tertiary/aromatic N) is 3. The van der Waals surface area contributed by atoms with Crippen molar-refractivity contribution in [3.63, 3.8) is 0 Å². The molecule has 19 heavy (non-hydrogen) atoms. The number of hydrogen-bond donors (Lipinski definition) is 1. The lowest BCUT2D eigenvalue weighted by molar-refractivity contribution is 0.414. The Morgan fingerprint density at radius 1 is 1.32 bits per heavy atom. The highest BCUT2D eigenvalue weighted by Crippen LogP contribution is 2.28. The standard InChI is InChI=1S/C14H18N4O/c1-10-16-17-14(19-10)12-5-3-4-6-13(12)15-11-7-8-18(2)9-11/h3-6,11,15H,7-9H2,1-2H3. The summed E-state index contributed by atoms with van der Waals surface area (Å²) in [5.41, 5.74) is 2.03. The molecule has 1 unspecified atom stereocenters. The first-order valence-corrected chi connectivity index (χ1v) is 6.57. The van der Waals surface area contributed by atoms with E-state index in [0.29, 0.717) is 17.8 Å². The van der Waals surface area contributed by atoms with Crippen LogP contribution < -0.4 is 5.32 Å². The highest BCUT2D eigenvalue weighted by atomic mass is 16.4. The van der Waals surface area contributed by atoms with Gasteiger partial charge in [0.2, 0.25) is 11.8 Å². The molecule has 3 rings (SSSR count). The van der Waals surface area contributed by atoms with Gasteiger partial charge in [-0.2, -0.15) is 0 Å². The van der Waals surface area contributed by atoms with Crippen molar-refractivity contribution in [2.24, 2.45) is 0 Å². The van der Waals surface area contributed by atoms with Gasteiger partial charge in [-0.05, 0) is 32.1 Å². The van der Waals surface area contributed by atoms with E-state index in [1.54, 1.807) is 6.92 Å². The van der Waals surface area contributed by atoms with E-state index in [2.05, 4.69) is 33.5 Å². The Morgan fingerprint density at radius 3 is 2.84 bits per heavy atom. The second-order valence-electron chi connectivity index (χ2n) is 5.06. The summed E-state index contributed by atoms with van der Waals surface area (Å²) < 4.78 is 5.52. The van der Waals surface area contributed by atoms with Gasteiger partial charge in [-0.1, -0.05) is 12.1 Å². The van der Waals surface area contributed by atoms with E-state index in [4.69, 9.17) is 4.42 Å². The largest absolute Gasteiger partial charge is 0.421 e. The van der Waals surface area contributed by atoms with E-state index in [0.717, 1.165) is 30.8 Å².